The van der Waals surface area contributed by atoms with Crippen LogP contribution in [0.15, 0.2) is 36.4 Å². The molecular formula is C24H31ClN2O4. The lowest BCUT2D eigenvalue weighted by atomic mass is 10.0. The van der Waals surface area contributed by atoms with Gasteiger partial charge in [-0.1, -0.05) is 17.7 Å². The van der Waals surface area contributed by atoms with Crippen LogP contribution in [0.4, 0.5) is 5.69 Å². The molecule has 31 heavy (non-hydrogen) atoms. The van der Waals surface area contributed by atoms with Gasteiger partial charge in [-0.3, -0.25) is 4.90 Å². The zero-order chi connectivity index (χ0) is 21.8. The highest BCUT2D eigenvalue weighted by Gasteiger charge is 2.24. The van der Waals surface area contributed by atoms with E-state index in [0.717, 1.165) is 56.4 Å². The van der Waals surface area contributed by atoms with Gasteiger partial charge in [0.1, 0.15) is 11.9 Å². The van der Waals surface area contributed by atoms with Gasteiger partial charge in [0, 0.05) is 50.4 Å². The SMILES string of the molecule is COc1cc(N2CCN(C(C)c3ccc(O[C@@H]4CCOC4)c(OC)c3)CC2)ccc1Cl. The number of piperazine rings is 1. The fourth-order valence-electron chi connectivity index (χ4n) is 4.25. The molecular weight excluding hydrogens is 416 g/mol. The lowest BCUT2D eigenvalue weighted by molar-refractivity contribution is 0.138. The third-order valence-corrected chi connectivity index (χ3v) is 6.53. The highest BCUT2D eigenvalue weighted by molar-refractivity contribution is 6.32. The number of hydrogen-bond acceptors (Lipinski definition) is 6. The smallest absolute Gasteiger partial charge is 0.161 e. The van der Waals surface area contributed by atoms with Crippen LogP contribution >= 0.6 is 11.6 Å². The summed E-state index contributed by atoms with van der Waals surface area (Å²) in [5.74, 6) is 2.28. The molecule has 0 radical (unpaired) electrons. The van der Waals surface area contributed by atoms with Gasteiger partial charge in [0.05, 0.1) is 32.5 Å². The minimum absolute atomic E-state index is 0.108. The summed E-state index contributed by atoms with van der Waals surface area (Å²) >= 11 is 6.17. The van der Waals surface area contributed by atoms with Crippen molar-refractivity contribution in [3.8, 4) is 17.2 Å². The molecule has 1 unspecified atom stereocenters. The molecule has 2 aliphatic rings. The van der Waals surface area contributed by atoms with Crippen LogP contribution < -0.4 is 19.1 Å². The van der Waals surface area contributed by atoms with Gasteiger partial charge in [-0.25, -0.2) is 0 Å². The van der Waals surface area contributed by atoms with Gasteiger partial charge in [0.2, 0.25) is 0 Å². The third kappa shape index (κ3) is 5.03. The first-order valence-corrected chi connectivity index (χ1v) is 11.2. The first-order valence-electron chi connectivity index (χ1n) is 10.8. The zero-order valence-corrected chi connectivity index (χ0v) is 19.2. The van der Waals surface area contributed by atoms with Gasteiger partial charge in [-0.15, -0.1) is 0 Å². The summed E-state index contributed by atoms with van der Waals surface area (Å²) < 4.78 is 22.5. The quantitative estimate of drug-likeness (QED) is 0.627. The number of hydrogen-bond donors (Lipinski definition) is 0. The molecule has 2 aromatic rings. The van der Waals surface area contributed by atoms with Crippen molar-refractivity contribution in [1.29, 1.82) is 0 Å². The van der Waals surface area contributed by atoms with E-state index in [-0.39, 0.29) is 6.10 Å². The predicted octanol–water partition coefficient (Wildman–Crippen LogP) is 4.41. The lowest BCUT2D eigenvalue weighted by Gasteiger charge is -2.39. The molecule has 0 saturated carbocycles. The van der Waals surface area contributed by atoms with Crippen molar-refractivity contribution < 1.29 is 18.9 Å². The monoisotopic (exact) mass is 446 g/mol. The maximum atomic E-state index is 6.17. The van der Waals surface area contributed by atoms with Crippen molar-refractivity contribution in [1.82, 2.24) is 4.90 Å². The average molecular weight is 447 g/mol. The zero-order valence-electron chi connectivity index (χ0n) is 18.5. The number of nitrogens with zero attached hydrogens (tertiary/aromatic N) is 2. The molecule has 6 nitrogen and oxygen atoms in total. The summed E-state index contributed by atoms with van der Waals surface area (Å²) in [5, 5.41) is 0.639. The van der Waals surface area contributed by atoms with E-state index >= 15 is 0 Å². The average Bonchev–Trinajstić information content (AvgIpc) is 3.32. The van der Waals surface area contributed by atoms with E-state index < -0.39 is 0 Å². The summed E-state index contributed by atoms with van der Waals surface area (Å²) in [4.78, 5) is 4.88. The minimum Gasteiger partial charge on any atom is -0.495 e. The van der Waals surface area contributed by atoms with E-state index in [0.29, 0.717) is 23.4 Å². The second kappa shape index (κ2) is 9.98. The van der Waals surface area contributed by atoms with Crippen molar-refractivity contribution in [2.24, 2.45) is 0 Å². The molecule has 2 fully saturated rings. The summed E-state index contributed by atoms with van der Waals surface area (Å²) in [7, 11) is 3.34. The Labute approximate surface area is 189 Å². The molecule has 4 rings (SSSR count). The van der Waals surface area contributed by atoms with Gasteiger partial charge in [-0.05, 0) is 36.8 Å². The van der Waals surface area contributed by atoms with Crippen molar-refractivity contribution in [3.05, 3.63) is 47.0 Å². The Hall–Kier alpha value is -2.15. The summed E-state index contributed by atoms with van der Waals surface area (Å²) in [6, 6.07) is 12.5. The highest BCUT2D eigenvalue weighted by atomic mass is 35.5. The fourth-order valence-corrected chi connectivity index (χ4v) is 4.44. The molecule has 2 aromatic carbocycles. The Kier molecular flexibility index (Phi) is 7.10. The summed E-state index contributed by atoms with van der Waals surface area (Å²) in [5.41, 5.74) is 2.38. The van der Waals surface area contributed by atoms with Crippen molar-refractivity contribution >= 4 is 17.3 Å². The van der Waals surface area contributed by atoms with E-state index in [4.69, 9.17) is 30.5 Å². The van der Waals surface area contributed by atoms with Crippen molar-refractivity contribution in [2.45, 2.75) is 25.5 Å². The van der Waals surface area contributed by atoms with Crippen molar-refractivity contribution in [2.75, 3.05) is 58.5 Å². The second-order valence-electron chi connectivity index (χ2n) is 8.03. The van der Waals surface area contributed by atoms with Crippen molar-refractivity contribution in [3.63, 3.8) is 0 Å². The molecule has 0 N–H and O–H groups in total. The Balaban J connectivity index is 1.39. The maximum Gasteiger partial charge on any atom is 0.161 e. The van der Waals surface area contributed by atoms with E-state index in [2.05, 4.69) is 34.9 Å². The molecule has 2 atom stereocenters. The summed E-state index contributed by atoms with van der Waals surface area (Å²) in [6.45, 7) is 7.52. The van der Waals surface area contributed by atoms with E-state index in [9.17, 15) is 0 Å². The molecule has 2 aliphatic heterocycles. The largest absolute Gasteiger partial charge is 0.495 e. The van der Waals surface area contributed by atoms with E-state index in [1.54, 1.807) is 14.2 Å². The molecule has 2 heterocycles. The number of rotatable bonds is 7. The van der Waals surface area contributed by atoms with Crippen LogP contribution in [0.5, 0.6) is 17.2 Å². The van der Waals surface area contributed by atoms with Gasteiger partial charge in [-0.2, -0.15) is 0 Å². The van der Waals surface area contributed by atoms with Crippen LogP contribution in [0.25, 0.3) is 0 Å². The van der Waals surface area contributed by atoms with Gasteiger partial charge >= 0.3 is 0 Å². The fraction of sp³-hybridized carbons (Fsp3) is 0.500. The first kappa shape index (κ1) is 22.1. The molecule has 0 aromatic heterocycles. The van der Waals surface area contributed by atoms with E-state index in [1.807, 2.05) is 18.2 Å². The normalized spacial score (nSPS) is 20.5. The number of halogens is 1. The number of ether oxygens (including phenoxy) is 4. The van der Waals surface area contributed by atoms with Crippen LogP contribution in [0.3, 0.4) is 0 Å². The van der Waals surface area contributed by atoms with Gasteiger partial charge in [0.25, 0.3) is 0 Å². The topological polar surface area (TPSA) is 43.4 Å². The third-order valence-electron chi connectivity index (χ3n) is 6.21. The van der Waals surface area contributed by atoms with Gasteiger partial charge < -0.3 is 23.8 Å². The molecule has 2 saturated heterocycles. The standard InChI is InChI=1S/C24H31ClN2O4/c1-17(18-4-7-22(24(14-18)29-3)31-20-8-13-30-16-20)26-9-11-27(12-10-26)19-5-6-21(25)23(15-19)28-2/h4-7,14-15,17,20H,8-13,16H2,1-3H3/t17?,20-/m1/s1. The van der Waals surface area contributed by atoms with Crippen LogP contribution in [0.1, 0.15) is 24.9 Å². The number of benzene rings is 2. The first-order chi connectivity index (χ1) is 15.1. The van der Waals surface area contributed by atoms with Crippen LogP contribution in [-0.4, -0.2) is 64.6 Å². The number of methoxy groups -OCH3 is 2. The molecule has 0 amide bonds. The molecule has 7 heteroatoms. The Bertz CT molecular complexity index is 880. The van der Waals surface area contributed by atoms with Gasteiger partial charge in [0.15, 0.2) is 11.5 Å². The predicted molar refractivity (Wildman–Crippen MR) is 123 cm³/mol. The molecule has 0 bridgehead atoms. The second-order valence-corrected chi connectivity index (χ2v) is 8.44. The van der Waals surface area contributed by atoms with Crippen LogP contribution in [0, 0.1) is 0 Å². The van der Waals surface area contributed by atoms with E-state index in [1.165, 1.54) is 5.56 Å². The Morgan fingerprint density at radius 3 is 2.42 bits per heavy atom. The highest BCUT2D eigenvalue weighted by Crippen LogP contribution is 2.34. The molecule has 168 valence electrons. The van der Waals surface area contributed by atoms with Crippen LogP contribution in [-0.2, 0) is 4.74 Å². The maximum absolute atomic E-state index is 6.17. The summed E-state index contributed by atoms with van der Waals surface area (Å²) in [6.07, 6.45) is 1.03. The van der Waals surface area contributed by atoms with Crippen LogP contribution in [0.2, 0.25) is 5.02 Å². The minimum atomic E-state index is 0.108. The lowest BCUT2D eigenvalue weighted by Crippen LogP contribution is -2.47. The Morgan fingerprint density at radius 2 is 1.74 bits per heavy atom. The number of anilines is 1. The molecule has 0 aliphatic carbocycles. The Morgan fingerprint density at radius 1 is 0.968 bits per heavy atom. The molecule has 0 spiro atoms.